The lowest BCUT2D eigenvalue weighted by Gasteiger charge is -2.22. The maximum Gasteiger partial charge on any atom is 0.408 e. The highest BCUT2D eigenvalue weighted by Gasteiger charge is 2.18. The van der Waals surface area contributed by atoms with E-state index in [9.17, 15) is 9.59 Å². The molecule has 0 aliphatic rings. The van der Waals surface area contributed by atoms with Crippen LogP contribution in [0.25, 0.3) is 11.1 Å². The molecule has 0 spiro atoms. The first kappa shape index (κ1) is 18.5. The van der Waals surface area contributed by atoms with Gasteiger partial charge in [-0.05, 0) is 43.9 Å². The van der Waals surface area contributed by atoms with Gasteiger partial charge in [0, 0.05) is 6.08 Å². The van der Waals surface area contributed by atoms with E-state index in [-0.39, 0.29) is 0 Å². The van der Waals surface area contributed by atoms with Gasteiger partial charge in [0.05, 0.1) is 6.04 Å². The fourth-order valence-electron chi connectivity index (χ4n) is 2.41. The van der Waals surface area contributed by atoms with Crippen molar-refractivity contribution in [1.29, 1.82) is 0 Å². The first-order valence-electron chi connectivity index (χ1n) is 8.22. The largest absolute Gasteiger partial charge is 0.444 e. The molecule has 130 valence electrons. The summed E-state index contributed by atoms with van der Waals surface area (Å²) >= 11 is 0. The third kappa shape index (κ3) is 6.28. The van der Waals surface area contributed by atoms with E-state index in [0.29, 0.717) is 6.42 Å². The molecule has 25 heavy (non-hydrogen) atoms. The van der Waals surface area contributed by atoms with E-state index in [1.54, 1.807) is 26.7 Å². The fourth-order valence-corrected chi connectivity index (χ4v) is 2.41. The second-order valence-corrected chi connectivity index (χ2v) is 6.80. The summed E-state index contributed by atoms with van der Waals surface area (Å²) in [6, 6.07) is 17.7. The van der Waals surface area contributed by atoms with Gasteiger partial charge in [-0.25, -0.2) is 9.59 Å². The molecule has 0 aliphatic carbocycles. The Morgan fingerprint density at radius 3 is 2.24 bits per heavy atom. The smallest absolute Gasteiger partial charge is 0.408 e. The standard InChI is InChI=1S/C21H23NO3/c1-21(2,3)25-20(24)22-19(13-14-23)15-16-9-11-18(12-10-16)17-7-5-4-6-8-17/h4-13,19H,15H2,1-3H3,(H,22,24)/t19-/m0/s1. The highest BCUT2D eigenvalue weighted by Crippen LogP contribution is 2.19. The van der Waals surface area contributed by atoms with Crippen LogP contribution in [-0.2, 0) is 16.0 Å². The number of benzene rings is 2. The third-order valence-corrected chi connectivity index (χ3v) is 3.49. The van der Waals surface area contributed by atoms with Crippen molar-refractivity contribution in [2.45, 2.75) is 38.8 Å². The first-order valence-corrected chi connectivity index (χ1v) is 8.22. The predicted molar refractivity (Wildman–Crippen MR) is 99.0 cm³/mol. The maximum absolute atomic E-state index is 11.9. The number of rotatable bonds is 5. The molecule has 0 radical (unpaired) electrons. The molecule has 4 heteroatoms. The summed E-state index contributed by atoms with van der Waals surface area (Å²) in [5.74, 6) is 1.75. The van der Waals surface area contributed by atoms with Crippen molar-refractivity contribution in [2.75, 3.05) is 0 Å². The average Bonchev–Trinajstić information content (AvgIpc) is 2.55. The molecule has 0 aromatic heterocycles. The SMILES string of the molecule is CC(C)(C)OC(=O)N[C@@H](C=C=O)Cc1ccc(-c2ccccc2)cc1. The molecule has 0 aliphatic heterocycles. The minimum atomic E-state index is -0.586. The predicted octanol–water partition coefficient (Wildman–Crippen LogP) is 4.18. The van der Waals surface area contributed by atoms with Gasteiger partial charge in [0.15, 0.2) is 0 Å². The van der Waals surface area contributed by atoms with Crippen LogP contribution < -0.4 is 5.32 Å². The maximum atomic E-state index is 11.9. The van der Waals surface area contributed by atoms with Gasteiger partial charge in [-0.15, -0.1) is 0 Å². The highest BCUT2D eigenvalue weighted by atomic mass is 16.6. The van der Waals surface area contributed by atoms with Crippen LogP contribution in [0.3, 0.4) is 0 Å². The molecule has 0 bridgehead atoms. The van der Waals surface area contributed by atoms with Crippen molar-refractivity contribution in [3.05, 3.63) is 66.2 Å². The van der Waals surface area contributed by atoms with E-state index >= 15 is 0 Å². The zero-order valence-corrected chi connectivity index (χ0v) is 14.8. The van der Waals surface area contributed by atoms with Crippen LogP contribution in [0, 0.1) is 0 Å². The number of nitrogens with one attached hydrogen (secondary N) is 1. The van der Waals surface area contributed by atoms with Crippen molar-refractivity contribution in [3.63, 3.8) is 0 Å². The van der Waals surface area contributed by atoms with Gasteiger partial charge in [0.25, 0.3) is 0 Å². The van der Waals surface area contributed by atoms with Gasteiger partial charge >= 0.3 is 6.09 Å². The number of carbonyl (C=O) groups is 1. The Hall–Kier alpha value is -2.84. The molecule has 2 aromatic carbocycles. The van der Waals surface area contributed by atoms with Crippen molar-refractivity contribution in [1.82, 2.24) is 5.32 Å². The van der Waals surface area contributed by atoms with E-state index in [2.05, 4.69) is 17.4 Å². The molecule has 0 saturated carbocycles. The third-order valence-electron chi connectivity index (χ3n) is 3.49. The Balaban J connectivity index is 2.04. The van der Waals surface area contributed by atoms with Gasteiger partial charge in [-0.3, -0.25) is 0 Å². The Labute approximate surface area is 148 Å². The number of alkyl carbamates (subject to hydrolysis) is 1. The Morgan fingerprint density at radius 2 is 1.68 bits per heavy atom. The van der Waals surface area contributed by atoms with Gasteiger partial charge in [0.1, 0.15) is 11.5 Å². The van der Waals surface area contributed by atoms with E-state index in [1.165, 1.54) is 6.08 Å². The molecule has 4 nitrogen and oxygen atoms in total. The molecular formula is C21H23NO3. The number of hydrogen-bond acceptors (Lipinski definition) is 3. The summed E-state index contributed by atoms with van der Waals surface area (Å²) in [5.41, 5.74) is 2.68. The molecule has 0 saturated heterocycles. The summed E-state index contributed by atoms with van der Waals surface area (Å²) in [7, 11) is 0. The van der Waals surface area contributed by atoms with Gasteiger partial charge in [-0.1, -0.05) is 54.6 Å². The van der Waals surface area contributed by atoms with E-state index in [1.807, 2.05) is 42.5 Å². The zero-order valence-electron chi connectivity index (χ0n) is 14.8. The van der Waals surface area contributed by atoms with E-state index in [0.717, 1.165) is 16.7 Å². The molecule has 2 rings (SSSR count). The average molecular weight is 337 g/mol. The van der Waals surface area contributed by atoms with Crippen LogP contribution in [0.1, 0.15) is 26.3 Å². The monoisotopic (exact) mass is 337 g/mol. The number of ether oxygens (including phenoxy) is 1. The van der Waals surface area contributed by atoms with Crippen molar-refractivity contribution in [3.8, 4) is 11.1 Å². The minimum absolute atomic E-state index is 0.463. The lowest BCUT2D eigenvalue weighted by molar-refractivity contribution is 0.0515. The lowest BCUT2D eigenvalue weighted by Crippen LogP contribution is -2.39. The second kappa shape index (κ2) is 8.32. The lowest BCUT2D eigenvalue weighted by atomic mass is 10.0. The highest BCUT2D eigenvalue weighted by molar-refractivity contribution is 5.69. The molecule has 0 unspecified atom stereocenters. The summed E-state index contributed by atoms with van der Waals surface area (Å²) < 4.78 is 5.23. The molecule has 0 heterocycles. The van der Waals surface area contributed by atoms with Crippen LogP contribution in [0.4, 0.5) is 4.79 Å². The van der Waals surface area contributed by atoms with Crippen LogP contribution in [0.15, 0.2) is 60.7 Å². The van der Waals surface area contributed by atoms with Gasteiger partial charge in [0.2, 0.25) is 0 Å². The fraction of sp³-hybridized carbons (Fsp3) is 0.286. The summed E-state index contributed by atoms with van der Waals surface area (Å²) in [5, 5.41) is 2.69. The van der Waals surface area contributed by atoms with Crippen molar-refractivity contribution >= 4 is 12.0 Å². The number of hydrogen-bond donors (Lipinski definition) is 1. The van der Waals surface area contributed by atoms with Crippen molar-refractivity contribution in [2.24, 2.45) is 0 Å². The summed E-state index contributed by atoms with van der Waals surface area (Å²) in [4.78, 5) is 22.6. The normalized spacial score (nSPS) is 12.0. The molecule has 0 fully saturated rings. The molecule has 2 aromatic rings. The van der Waals surface area contributed by atoms with E-state index < -0.39 is 17.7 Å². The molecule has 1 atom stereocenters. The Kier molecular flexibility index (Phi) is 6.15. The Bertz CT molecular complexity index is 739. The second-order valence-electron chi connectivity index (χ2n) is 6.80. The quantitative estimate of drug-likeness (QED) is 0.833. The van der Waals surface area contributed by atoms with Gasteiger partial charge in [-0.2, -0.15) is 0 Å². The summed E-state index contributed by atoms with van der Waals surface area (Å²) in [6.45, 7) is 5.37. The van der Waals surface area contributed by atoms with Crippen LogP contribution in [0.5, 0.6) is 0 Å². The molecule has 1 N–H and O–H groups in total. The number of amides is 1. The minimum Gasteiger partial charge on any atom is -0.444 e. The first-order chi connectivity index (χ1) is 11.9. The van der Waals surface area contributed by atoms with Crippen LogP contribution in [0.2, 0.25) is 0 Å². The Morgan fingerprint density at radius 1 is 1.08 bits per heavy atom. The van der Waals surface area contributed by atoms with Crippen LogP contribution in [-0.4, -0.2) is 23.7 Å². The van der Waals surface area contributed by atoms with Gasteiger partial charge < -0.3 is 10.1 Å². The molecular weight excluding hydrogens is 314 g/mol. The molecule has 1 amide bonds. The van der Waals surface area contributed by atoms with E-state index in [4.69, 9.17) is 4.74 Å². The summed E-state index contributed by atoms with van der Waals surface area (Å²) in [6.07, 6.45) is 1.24. The van der Waals surface area contributed by atoms with Crippen LogP contribution >= 0.6 is 0 Å². The zero-order chi connectivity index (χ0) is 18.3. The topological polar surface area (TPSA) is 55.4 Å². The van der Waals surface area contributed by atoms with Crippen molar-refractivity contribution < 1.29 is 14.3 Å². The number of carbonyl (C=O) groups excluding carboxylic acids is 2.